The molecule has 1 amide bonds. The highest BCUT2D eigenvalue weighted by molar-refractivity contribution is 6.01. The fourth-order valence-electron chi connectivity index (χ4n) is 1.88. The van der Waals surface area contributed by atoms with Crippen LogP contribution < -0.4 is 5.32 Å². The van der Waals surface area contributed by atoms with Crippen LogP contribution in [0.4, 0.5) is 11.4 Å². The molecule has 1 atom stereocenters. The molecule has 0 bridgehead atoms. The molecule has 1 aromatic carbocycles. The molecule has 1 N–H and O–H groups in total. The average Bonchev–Trinajstić information content (AvgIpc) is 2.44. The molecule has 20 heavy (non-hydrogen) atoms. The lowest BCUT2D eigenvalue weighted by Crippen LogP contribution is -2.38. The van der Waals surface area contributed by atoms with Crippen molar-refractivity contribution in [3.8, 4) is 0 Å². The number of nitro benzene ring substituents is 1. The summed E-state index contributed by atoms with van der Waals surface area (Å²) in [6.45, 7) is 2.24. The number of amides is 1. The maximum absolute atomic E-state index is 12.4. The van der Waals surface area contributed by atoms with Gasteiger partial charge in [-0.3, -0.25) is 14.9 Å². The minimum atomic E-state index is -0.513. The van der Waals surface area contributed by atoms with Crippen molar-refractivity contribution >= 4 is 17.3 Å². The van der Waals surface area contributed by atoms with E-state index >= 15 is 0 Å². The van der Waals surface area contributed by atoms with Gasteiger partial charge >= 0.3 is 0 Å². The quantitative estimate of drug-likeness (QED) is 0.634. The zero-order chi connectivity index (χ0) is 15.3. The number of methoxy groups -OCH3 is 1. The summed E-state index contributed by atoms with van der Waals surface area (Å²) in [5.74, 6) is -0.289. The highest BCUT2D eigenvalue weighted by Crippen LogP contribution is 2.28. The van der Waals surface area contributed by atoms with Gasteiger partial charge in [-0.05, 0) is 13.0 Å². The molecule has 7 heteroatoms. The number of rotatable bonds is 6. The predicted octanol–water partition coefficient (Wildman–Crippen LogP) is 1.74. The second kappa shape index (κ2) is 6.85. The molecule has 0 fully saturated rings. The van der Waals surface area contributed by atoms with Gasteiger partial charge in [-0.15, -0.1) is 0 Å². The van der Waals surface area contributed by atoms with E-state index in [1.807, 2.05) is 6.92 Å². The first-order valence-electron chi connectivity index (χ1n) is 6.15. The van der Waals surface area contributed by atoms with E-state index in [0.29, 0.717) is 6.61 Å². The number of nitro groups is 1. The number of nitrogens with zero attached hydrogens (tertiary/aromatic N) is 2. The SMILES string of the molecule is CNc1c(C(=O)N(C)C(C)COC)cccc1[N+](=O)[O-]. The first-order valence-corrected chi connectivity index (χ1v) is 6.15. The van der Waals surface area contributed by atoms with Gasteiger partial charge in [-0.1, -0.05) is 6.07 Å². The molecule has 1 rings (SSSR count). The number of hydrogen-bond donors (Lipinski definition) is 1. The second-order valence-corrected chi connectivity index (χ2v) is 4.43. The number of carbonyl (C=O) groups is 1. The van der Waals surface area contributed by atoms with Gasteiger partial charge in [0.05, 0.1) is 23.1 Å². The molecule has 0 aliphatic carbocycles. The molecule has 0 radical (unpaired) electrons. The molecular formula is C13H19N3O4. The van der Waals surface area contributed by atoms with E-state index < -0.39 is 4.92 Å². The lowest BCUT2D eigenvalue weighted by Gasteiger charge is -2.25. The molecule has 7 nitrogen and oxygen atoms in total. The van der Waals surface area contributed by atoms with E-state index in [4.69, 9.17) is 4.74 Å². The Morgan fingerprint density at radius 3 is 2.70 bits per heavy atom. The largest absolute Gasteiger partial charge is 0.383 e. The van der Waals surface area contributed by atoms with E-state index in [1.165, 1.54) is 17.0 Å². The van der Waals surface area contributed by atoms with Gasteiger partial charge < -0.3 is 15.0 Å². The molecule has 0 spiro atoms. The molecule has 0 heterocycles. The third-order valence-electron chi connectivity index (χ3n) is 3.11. The maximum atomic E-state index is 12.4. The summed E-state index contributed by atoms with van der Waals surface area (Å²) in [4.78, 5) is 24.4. The molecule has 0 aliphatic heterocycles. The molecule has 110 valence electrons. The van der Waals surface area contributed by atoms with Crippen molar-refractivity contribution in [2.24, 2.45) is 0 Å². The molecular weight excluding hydrogens is 262 g/mol. The molecule has 0 aliphatic rings. The molecule has 0 saturated carbocycles. The van der Waals surface area contributed by atoms with E-state index in [9.17, 15) is 14.9 Å². The van der Waals surface area contributed by atoms with Crippen molar-refractivity contribution in [1.29, 1.82) is 0 Å². The number of likely N-dealkylation sites (N-methyl/N-ethyl adjacent to an activating group) is 1. The third kappa shape index (κ3) is 3.24. The smallest absolute Gasteiger partial charge is 0.293 e. The topological polar surface area (TPSA) is 84.7 Å². The Kier molecular flexibility index (Phi) is 5.45. The number of nitrogens with one attached hydrogen (secondary N) is 1. The van der Waals surface area contributed by atoms with Gasteiger partial charge in [-0.25, -0.2) is 0 Å². The van der Waals surface area contributed by atoms with Crippen LogP contribution in [0, 0.1) is 10.1 Å². The third-order valence-corrected chi connectivity index (χ3v) is 3.11. The van der Waals surface area contributed by atoms with Crippen LogP contribution in [-0.2, 0) is 4.74 Å². The summed E-state index contributed by atoms with van der Waals surface area (Å²) in [6, 6.07) is 4.30. The van der Waals surface area contributed by atoms with Crippen LogP contribution in [0.5, 0.6) is 0 Å². The van der Waals surface area contributed by atoms with Crippen LogP contribution in [0.1, 0.15) is 17.3 Å². The first-order chi connectivity index (χ1) is 9.43. The van der Waals surface area contributed by atoms with Crippen LogP contribution in [0.25, 0.3) is 0 Å². The Balaban J connectivity index is 3.16. The van der Waals surface area contributed by atoms with Crippen LogP contribution in [-0.4, -0.2) is 49.6 Å². The van der Waals surface area contributed by atoms with E-state index in [2.05, 4.69) is 5.32 Å². The average molecular weight is 281 g/mol. The predicted molar refractivity (Wildman–Crippen MR) is 76.1 cm³/mol. The van der Waals surface area contributed by atoms with E-state index in [1.54, 1.807) is 27.3 Å². The lowest BCUT2D eigenvalue weighted by atomic mass is 10.1. The van der Waals surface area contributed by atoms with Crippen LogP contribution in [0.15, 0.2) is 18.2 Å². The summed E-state index contributed by atoms with van der Waals surface area (Å²) in [5, 5.41) is 13.7. The van der Waals surface area contributed by atoms with Gasteiger partial charge in [0.25, 0.3) is 11.6 Å². The standard InChI is InChI=1S/C13H19N3O4/c1-9(8-20-4)15(3)13(17)10-6-5-7-11(16(18)19)12(10)14-2/h5-7,9,14H,8H2,1-4H3. The normalized spacial score (nSPS) is 11.8. The number of ether oxygens (including phenoxy) is 1. The minimum absolute atomic E-state index is 0.119. The summed E-state index contributed by atoms with van der Waals surface area (Å²) in [5.41, 5.74) is 0.372. The summed E-state index contributed by atoms with van der Waals surface area (Å²) < 4.78 is 5.01. The fourth-order valence-corrected chi connectivity index (χ4v) is 1.88. The van der Waals surface area contributed by atoms with Gasteiger partial charge in [0.1, 0.15) is 5.69 Å². The van der Waals surface area contributed by atoms with Crippen LogP contribution in [0.3, 0.4) is 0 Å². The zero-order valence-corrected chi connectivity index (χ0v) is 12.0. The van der Waals surface area contributed by atoms with E-state index in [0.717, 1.165) is 0 Å². The van der Waals surface area contributed by atoms with Crippen molar-refractivity contribution in [1.82, 2.24) is 4.90 Å². The lowest BCUT2D eigenvalue weighted by molar-refractivity contribution is -0.384. The Hall–Kier alpha value is -2.15. The molecule has 0 saturated heterocycles. The summed E-state index contributed by atoms with van der Waals surface area (Å²) in [6.07, 6.45) is 0. The van der Waals surface area contributed by atoms with Crippen molar-refractivity contribution in [3.63, 3.8) is 0 Å². The van der Waals surface area contributed by atoms with Crippen LogP contribution in [0.2, 0.25) is 0 Å². The monoisotopic (exact) mass is 281 g/mol. The van der Waals surface area contributed by atoms with Crippen LogP contribution >= 0.6 is 0 Å². The Labute approximate surface area is 117 Å². The van der Waals surface area contributed by atoms with Gasteiger partial charge in [0.2, 0.25) is 0 Å². The van der Waals surface area contributed by atoms with Gasteiger partial charge in [0, 0.05) is 27.3 Å². The number of anilines is 1. The van der Waals surface area contributed by atoms with Crippen molar-refractivity contribution in [2.75, 3.05) is 33.1 Å². The highest BCUT2D eigenvalue weighted by Gasteiger charge is 2.24. The van der Waals surface area contributed by atoms with Crippen molar-refractivity contribution < 1.29 is 14.5 Å². The number of benzene rings is 1. The molecule has 0 aromatic heterocycles. The Morgan fingerprint density at radius 1 is 1.55 bits per heavy atom. The summed E-state index contributed by atoms with van der Waals surface area (Å²) in [7, 11) is 4.75. The van der Waals surface area contributed by atoms with E-state index in [-0.39, 0.29) is 28.9 Å². The number of carbonyl (C=O) groups excluding carboxylic acids is 1. The first kappa shape index (κ1) is 15.9. The molecule has 1 unspecified atom stereocenters. The van der Waals surface area contributed by atoms with Gasteiger partial charge in [0.15, 0.2) is 0 Å². The molecule has 1 aromatic rings. The van der Waals surface area contributed by atoms with Crippen molar-refractivity contribution in [2.45, 2.75) is 13.0 Å². The number of hydrogen-bond acceptors (Lipinski definition) is 5. The second-order valence-electron chi connectivity index (χ2n) is 4.43. The Morgan fingerprint density at radius 2 is 2.20 bits per heavy atom. The zero-order valence-electron chi connectivity index (χ0n) is 12.0. The fraction of sp³-hybridized carbons (Fsp3) is 0.462. The van der Waals surface area contributed by atoms with Gasteiger partial charge in [-0.2, -0.15) is 0 Å². The maximum Gasteiger partial charge on any atom is 0.293 e. The number of para-hydroxylation sites is 1. The summed E-state index contributed by atoms with van der Waals surface area (Å²) >= 11 is 0. The van der Waals surface area contributed by atoms with Crippen molar-refractivity contribution in [3.05, 3.63) is 33.9 Å². The minimum Gasteiger partial charge on any atom is -0.383 e. The highest BCUT2D eigenvalue weighted by atomic mass is 16.6. The Bertz CT molecular complexity index is 504.